The van der Waals surface area contributed by atoms with Crippen molar-refractivity contribution in [2.45, 2.75) is 39.3 Å². The molecule has 0 amide bonds. The van der Waals surface area contributed by atoms with Crippen molar-refractivity contribution in [1.82, 2.24) is 24.7 Å². The highest BCUT2D eigenvalue weighted by molar-refractivity contribution is 5.16. The fourth-order valence-electron chi connectivity index (χ4n) is 3.13. The number of imidazole rings is 1. The second-order valence-corrected chi connectivity index (χ2v) is 7.09. The van der Waals surface area contributed by atoms with Gasteiger partial charge in [0.25, 0.3) is 0 Å². The SMILES string of the molecule is CNCC(c1ncn(C)c1C)N1CCN(C(C)(C)C)CC1. The number of nitrogens with one attached hydrogen (secondary N) is 1. The standard InChI is InChI=1S/C16H31N5/c1-13-15(18-12-19(13)6)14(11-17-5)20-7-9-21(10-8-20)16(2,3)4/h12,14,17H,7-11H2,1-6H3. The summed E-state index contributed by atoms with van der Waals surface area (Å²) in [6.45, 7) is 14.5. The molecule has 1 aromatic rings. The smallest absolute Gasteiger partial charge is 0.0949 e. The molecule has 0 bridgehead atoms. The Hall–Kier alpha value is -0.910. The van der Waals surface area contributed by atoms with Crippen molar-refractivity contribution in [2.24, 2.45) is 7.05 Å². The molecule has 0 aromatic carbocycles. The van der Waals surface area contributed by atoms with Gasteiger partial charge in [0.1, 0.15) is 0 Å². The average molecular weight is 293 g/mol. The lowest BCUT2D eigenvalue weighted by molar-refractivity contribution is 0.0409. The fraction of sp³-hybridized carbons (Fsp3) is 0.812. The third-order valence-corrected chi connectivity index (χ3v) is 4.69. The molecule has 2 heterocycles. The van der Waals surface area contributed by atoms with Crippen LogP contribution in [-0.4, -0.2) is 64.7 Å². The maximum atomic E-state index is 4.64. The van der Waals surface area contributed by atoms with Gasteiger partial charge in [-0.25, -0.2) is 4.98 Å². The number of hydrogen-bond donors (Lipinski definition) is 1. The summed E-state index contributed by atoms with van der Waals surface area (Å²) in [5, 5.41) is 3.34. The van der Waals surface area contributed by atoms with Crippen LogP contribution in [0.2, 0.25) is 0 Å². The second-order valence-electron chi connectivity index (χ2n) is 7.09. The van der Waals surface area contributed by atoms with Crippen LogP contribution in [0, 0.1) is 6.92 Å². The first-order valence-electron chi connectivity index (χ1n) is 7.96. The quantitative estimate of drug-likeness (QED) is 0.910. The molecule has 1 N–H and O–H groups in total. The Kier molecular flexibility index (Phi) is 5.07. The van der Waals surface area contributed by atoms with Gasteiger partial charge in [0, 0.05) is 51.0 Å². The monoisotopic (exact) mass is 293 g/mol. The molecule has 1 aliphatic heterocycles. The average Bonchev–Trinajstić information content (AvgIpc) is 2.76. The first-order chi connectivity index (χ1) is 9.84. The Morgan fingerprint density at radius 1 is 1.24 bits per heavy atom. The van der Waals surface area contributed by atoms with Crippen LogP contribution in [-0.2, 0) is 7.05 Å². The minimum atomic E-state index is 0.269. The summed E-state index contributed by atoms with van der Waals surface area (Å²) < 4.78 is 2.11. The molecule has 0 saturated carbocycles. The van der Waals surface area contributed by atoms with Crippen LogP contribution in [0.3, 0.4) is 0 Å². The van der Waals surface area contributed by atoms with Gasteiger partial charge in [-0.3, -0.25) is 9.80 Å². The van der Waals surface area contributed by atoms with Gasteiger partial charge >= 0.3 is 0 Å². The molecule has 1 aliphatic rings. The van der Waals surface area contributed by atoms with E-state index in [1.54, 1.807) is 0 Å². The lowest BCUT2D eigenvalue weighted by Crippen LogP contribution is -2.54. The van der Waals surface area contributed by atoms with Crippen molar-refractivity contribution in [3.63, 3.8) is 0 Å². The van der Waals surface area contributed by atoms with E-state index in [0.717, 1.165) is 32.7 Å². The zero-order chi connectivity index (χ0) is 15.6. The van der Waals surface area contributed by atoms with Crippen LogP contribution in [0.15, 0.2) is 6.33 Å². The van der Waals surface area contributed by atoms with Gasteiger partial charge in [0.2, 0.25) is 0 Å². The zero-order valence-corrected chi connectivity index (χ0v) is 14.5. The lowest BCUT2D eigenvalue weighted by Gasteiger charge is -2.44. The minimum absolute atomic E-state index is 0.269. The van der Waals surface area contributed by atoms with E-state index in [-0.39, 0.29) is 5.54 Å². The van der Waals surface area contributed by atoms with Crippen LogP contribution in [0.4, 0.5) is 0 Å². The predicted octanol–water partition coefficient (Wildman–Crippen LogP) is 1.41. The number of likely N-dealkylation sites (N-methyl/N-ethyl adjacent to an activating group) is 1. The number of piperazine rings is 1. The Labute approximate surface area is 129 Å². The minimum Gasteiger partial charge on any atom is -0.338 e. The Morgan fingerprint density at radius 2 is 1.86 bits per heavy atom. The summed E-state index contributed by atoms with van der Waals surface area (Å²) in [6.07, 6.45) is 1.93. The van der Waals surface area contributed by atoms with Gasteiger partial charge in [-0.05, 0) is 34.7 Å². The molecule has 0 spiro atoms. The van der Waals surface area contributed by atoms with Crippen LogP contribution in [0.1, 0.15) is 38.2 Å². The summed E-state index contributed by atoms with van der Waals surface area (Å²) in [7, 11) is 4.09. The Balaban J connectivity index is 2.09. The van der Waals surface area contributed by atoms with Gasteiger partial charge in [0.05, 0.1) is 18.1 Å². The van der Waals surface area contributed by atoms with Crippen LogP contribution in [0.5, 0.6) is 0 Å². The largest absolute Gasteiger partial charge is 0.338 e. The van der Waals surface area contributed by atoms with E-state index in [9.17, 15) is 0 Å². The van der Waals surface area contributed by atoms with Gasteiger partial charge in [-0.15, -0.1) is 0 Å². The van der Waals surface area contributed by atoms with Crippen LogP contribution < -0.4 is 5.32 Å². The summed E-state index contributed by atoms with van der Waals surface area (Å²) in [6, 6.07) is 0.373. The van der Waals surface area contributed by atoms with Crippen molar-refractivity contribution in [3.05, 3.63) is 17.7 Å². The highest BCUT2D eigenvalue weighted by atomic mass is 15.3. The first-order valence-corrected chi connectivity index (χ1v) is 7.96. The highest BCUT2D eigenvalue weighted by Crippen LogP contribution is 2.25. The molecule has 21 heavy (non-hydrogen) atoms. The molecule has 5 heteroatoms. The fourth-order valence-corrected chi connectivity index (χ4v) is 3.13. The van der Waals surface area contributed by atoms with E-state index in [1.807, 2.05) is 13.4 Å². The predicted molar refractivity (Wildman–Crippen MR) is 87.5 cm³/mol. The molecule has 2 rings (SSSR count). The van der Waals surface area contributed by atoms with E-state index >= 15 is 0 Å². The van der Waals surface area contributed by atoms with Gasteiger partial charge in [-0.1, -0.05) is 0 Å². The molecule has 0 radical (unpaired) electrons. The van der Waals surface area contributed by atoms with Crippen molar-refractivity contribution in [3.8, 4) is 0 Å². The summed E-state index contributed by atoms with van der Waals surface area (Å²) in [4.78, 5) is 9.80. The summed E-state index contributed by atoms with van der Waals surface area (Å²) in [5.41, 5.74) is 2.76. The molecule has 5 nitrogen and oxygen atoms in total. The lowest BCUT2D eigenvalue weighted by atomic mass is 10.0. The normalized spacial score (nSPS) is 19.9. The van der Waals surface area contributed by atoms with Crippen LogP contribution >= 0.6 is 0 Å². The molecule has 1 atom stereocenters. The number of aryl methyl sites for hydroxylation is 1. The molecular weight excluding hydrogens is 262 g/mol. The molecule has 0 aliphatic carbocycles. The van der Waals surface area contributed by atoms with Crippen LogP contribution in [0.25, 0.3) is 0 Å². The molecular formula is C16H31N5. The molecule has 120 valence electrons. The Bertz CT molecular complexity index is 452. The van der Waals surface area contributed by atoms with E-state index in [2.05, 4.69) is 59.4 Å². The van der Waals surface area contributed by atoms with Crippen molar-refractivity contribution >= 4 is 0 Å². The number of nitrogens with zero attached hydrogens (tertiary/aromatic N) is 4. The zero-order valence-electron chi connectivity index (χ0n) is 14.5. The number of hydrogen-bond acceptors (Lipinski definition) is 4. The maximum absolute atomic E-state index is 4.64. The Morgan fingerprint density at radius 3 is 2.29 bits per heavy atom. The second kappa shape index (κ2) is 6.46. The van der Waals surface area contributed by atoms with E-state index < -0.39 is 0 Å². The summed E-state index contributed by atoms with van der Waals surface area (Å²) >= 11 is 0. The first kappa shape index (κ1) is 16.5. The summed E-state index contributed by atoms with van der Waals surface area (Å²) in [5.74, 6) is 0. The van der Waals surface area contributed by atoms with E-state index in [4.69, 9.17) is 0 Å². The number of aromatic nitrogens is 2. The maximum Gasteiger partial charge on any atom is 0.0949 e. The van der Waals surface area contributed by atoms with Gasteiger partial charge in [-0.2, -0.15) is 0 Å². The third kappa shape index (κ3) is 3.65. The van der Waals surface area contributed by atoms with Gasteiger partial charge in [0.15, 0.2) is 0 Å². The number of rotatable bonds is 4. The van der Waals surface area contributed by atoms with Crippen molar-refractivity contribution in [2.75, 3.05) is 39.8 Å². The van der Waals surface area contributed by atoms with Crippen molar-refractivity contribution in [1.29, 1.82) is 0 Å². The molecule has 1 fully saturated rings. The van der Waals surface area contributed by atoms with E-state index in [0.29, 0.717) is 6.04 Å². The van der Waals surface area contributed by atoms with Gasteiger partial charge < -0.3 is 9.88 Å². The highest BCUT2D eigenvalue weighted by Gasteiger charge is 2.30. The topological polar surface area (TPSA) is 36.3 Å². The molecule has 1 unspecified atom stereocenters. The molecule has 1 saturated heterocycles. The molecule has 1 aromatic heterocycles. The van der Waals surface area contributed by atoms with Crippen molar-refractivity contribution < 1.29 is 0 Å². The van der Waals surface area contributed by atoms with E-state index in [1.165, 1.54) is 11.4 Å². The third-order valence-electron chi connectivity index (χ3n) is 4.69.